The van der Waals surface area contributed by atoms with Gasteiger partial charge in [0.2, 0.25) is 15.9 Å². The maximum Gasteiger partial charge on any atom is 0.328 e. The molecule has 1 aromatic carbocycles. The third-order valence-corrected chi connectivity index (χ3v) is 6.71. The topological polar surface area (TPSA) is 84.6 Å². The molecule has 0 saturated carbocycles. The summed E-state index contributed by atoms with van der Waals surface area (Å²) >= 11 is 0. The van der Waals surface area contributed by atoms with Crippen molar-refractivity contribution in [3.05, 3.63) is 28.7 Å². The zero-order valence-corrected chi connectivity index (χ0v) is 15.6. The van der Waals surface area contributed by atoms with Gasteiger partial charge in [-0.3, -0.25) is 13.9 Å². The lowest BCUT2D eigenvalue weighted by molar-refractivity contribution is -0.126. The van der Waals surface area contributed by atoms with Crippen molar-refractivity contribution in [3.8, 4) is 0 Å². The van der Waals surface area contributed by atoms with Gasteiger partial charge in [-0.1, -0.05) is 0 Å². The Balaban J connectivity index is 1.91. The highest BCUT2D eigenvalue weighted by molar-refractivity contribution is 7.89. The standard InChI is InChI=1S/C16H22N4O4S/c1-17-9-11(7-15(17)21)10-18(2)25(23,24)12-5-6-13-14(8-12)20(4)16(22)19(13)3/h5-6,8,11H,7,9-10H2,1-4H3. The van der Waals surface area contributed by atoms with Crippen LogP contribution in [0.4, 0.5) is 0 Å². The van der Waals surface area contributed by atoms with Crippen LogP contribution in [0.2, 0.25) is 0 Å². The second-order valence-corrected chi connectivity index (χ2v) is 8.73. The van der Waals surface area contributed by atoms with Gasteiger partial charge in [0.1, 0.15) is 0 Å². The zero-order chi connectivity index (χ0) is 18.5. The van der Waals surface area contributed by atoms with Crippen molar-refractivity contribution in [2.24, 2.45) is 20.0 Å². The van der Waals surface area contributed by atoms with Crippen molar-refractivity contribution in [1.82, 2.24) is 18.3 Å². The van der Waals surface area contributed by atoms with E-state index in [-0.39, 0.29) is 29.0 Å². The van der Waals surface area contributed by atoms with Crippen molar-refractivity contribution < 1.29 is 13.2 Å². The summed E-state index contributed by atoms with van der Waals surface area (Å²) < 4.78 is 29.9. The van der Waals surface area contributed by atoms with E-state index in [0.717, 1.165) is 0 Å². The average Bonchev–Trinajstić information content (AvgIpc) is 2.99. The largest absolute Gasteiger partial charge is 0.345 e. The Morgan fingerprint density at radius 3 is 2.36 bits per heavy atom. The van der Waals surface area contributed by atoms with E-state index in [2.05, 4.69) is 0 Å². The first-order chi connectivity index (χ1) is 11.6. The van der Waals surface area contributed by atoms with E-state index in [0.29, 0.717) is 24.0 Å². The molecule has 0 radical (unpaired) electrons. The predicted octanol–water partition coefficient (Wildman–Crippen LogP) is -0.0242. The minimum Gasteiger partial charge on any atom is -0.345 e. The molecule has 1 aliphatic heterocycles. The van der Waals surface area contributed by atoms with Gasteiger partial charge in [0.05, 0.1) is 15.9 Å². The van der Waals surface area contributed by atoms with Crippen LogP contribution in [-0.2, 0) is 28.9 Å². The van der Waals surface area contributed by atoms with E-state index >= 15 is 0 Å². The van der Waals surface area contributed by atoms with Gasteiger partial charge in [0.25, 0.3) is 0 Å². The van der Waals surface area contributed by atoms with Gasteiger partial charge in [0.15, 0.2) is 0 Å². The molecule has 1 unspecified atom stereocenters. The maximum atomic E-state index is 12.9. The number of sulfonamides is 1. The number of carbonyl (C=O) groups is 1. The van der Waals surface area contributed by atoms with Crippen molar-refractivity contribution in [1.29, 1.82) is 0 Å². The molecule has 0 bridgehead atoms. The number of imidazole rings is 1. The highest BCUT2D eigenvalue weighted by atomic mass is 32.2. The monoisotopic (exact) mass is 366 g/mol. The summed E-state index contributed by atoms with van der Waals surface area (Å²) in [5.74, 6) is 0.0265. The predicted molar refractivity (Wildman–Crippen MR) is 93.7 cm³/mol. The second kappa shape index (κ2) is 5.99. The second-order valence-electron chi connectivity index (χ2n) is 6.68. The van der Waals surface area contributed by atoms with E-state index in [1.807, 2.05) is 0 Å². The molecule has 136 valence electrons. The molecule has 1 atom stereocenters. The van der Waals surface area contributed by atoms with Gasteiger partial charge < -0.3 is 4.90 Å². The molecule has 1 amide bonds. The summed E-state index contributed by atoms with van der Waals surface area (Å²) in [6.07, 6.45) is 0.364. The Hall–Kier alpha value is -2.13. The normalized spacial score (nSPS) is 18.7. The van der Waals surface area contributed by atoms with Gasteiger partial charge in [-0.05, 0) is 24.1 Å². The Labute approximate surface area is 146 Å². The molecule has 0 spiro atoms. The third kappa shape index (κ3) is 2.87. The van der Waals surface area contributed by atoms with E-state index in [1.54, 1.807) is 32.1 Å². The smallest absolute Gasteiger partial charge is 0.328 e. The SMILES string of the molecule is CN1CC(CN(C)S(=O)(=O)c2ccc3c(c2)n(C)c(=O)n3C)CC1=O. The van der Waals surface area contributed by atoms with Crippen molar-refractivity contribution in [3.63, 3.8) is 0 Å². The first-order valence-electron chi connectivity index (χ1n) is 7.98. The number of aromatic nitrogens is 2. The van der Waals surface area contributed by atoms with Crippen LogP contribution in [0, 0.1) is 5.92 Å². The number of aryl methyl sites for hydroxylation is 2. The van der Waals surface area contributed by atoms with Crippen LogP contribution in [-0.4, -0.2) is 59.8 Å². The number of hydrogen-bond donors (Lipinski definition) is 0. The van der Waals surface area contributed by atoms with Crippen LogP contribution in [0.3, 0.4) is 0 Å². The number of amides is 1. The fourth-order valence-electron chi connectivity index (χ4n) is 3.37. The molecule has 3 rings (SSSR count). The summed E-state index contributed by atoms with van der Waals surface area (Å²) in [7, 11) is 2.82. The number of carbonyl (C=O) groups excluding carboxylic acids is 1. The van der Waals surface area contributed by atoms with Gasteiger partial charge in [-0.2, -0.15) is 0 Å². The number of rotatable bonds is 4. The fraction of sp³-hybridized carbons (Fsp3) is 0.500. The highest BCUT2D eigenvalue weighted by Crippen LogP contribution is 2.23. The number of benzene rings is 1. The Kier molecular flexibility index (Phi) is 4.24. The molecular formula is C16H22N4O4S. The van der Waals surface area contributed by atoms with Crippen LogP contribution in [0.15, 0.2) is 27.9 Å². The molecule has 1 fully saturated rings. The fourth-order valence-corrected chi connectivity index (χ4v) is 4.64. The molecule has 1 saturated heterocycles. The van der Waals surface area contributed by atoms with Gasteiger partial charge in [-0.15, -0.1) is 0 Å². The van der Waals surface area contributed by atoms with Crippen LogP contribution in [0.25, 0.3) is 11.0 Å². The van der Waals surface area contributed by atoms with Crippen molar-refractivity contribution in [2.45, 2.75) is 11.3 Å². The molecule has 2 aromatic rings. The molecule has 1 aromatic heterocycles. The summed E-state index contributed by atoms with van der Waals surface area (Å²) in [4.78, 5) is 25.4. The summed E-state index contributed by atoms with van der Waals surface area (Å²) in [6.45, 7) is 0.842. The molecule has 1 aliphatic rings. The van der Waals surface area contributed by atoms with Crippen molar-refractivity contribution >= 4 is 27.0 Å². The van der Waals surface area contributed by atoms with Crippen LogP contribution in [0.1, 0.15) is 6.42 Å². The first-order valence-corrected chi connectivity index (χ1v) is 9.42. The highest BCUT2D eigenvalue weighted by Gasteiger charge is 2.31. The minimum absolute atomic E-state index is 0.0120. The van der Waals surface area contributed by atoms with E-state index in [4.69, 9.17) is 0 Å². The lowest BCUT2D eigenvalue weighted by atomic mass is 10.1. The van der Waals surface area contributed by atoms with Gasteiger partial charge in [0, 0.05) is 47.7 Å². The van der Waals surface area contributed by atoms with Crippen molar-refractivity contribution in [2.75, 3.05) is 27.2 Å². The molecule has 9 heteroatoms. The first kappa shape index (κ1) is 17.7. The van der Waals surface area contributed by atoms with E-state index in [1.165, 1.54) is 32.6 Å². The number of likely N-dealkylation sites (tertiary alicyclic amines) is 1. The van der Waals surface area contributed by atoms with Crippen LogP contribution < -0.4 is 5.69 Å². The molecule has 8 nitrogen and oxygen atoms in total. The number of fused-ring (bicyclic) bond motifs is 1. The van der Waals surface area contributed by atoms with Crippen LogP contribution >= 0.6 is 0 Å². The number of nitrogens with zero attached hydrogens (tertiary/aromatic N) is 4. The number of hydrogen-bond acceptors (Lipinski definition) is 4. The lowest BCUT2D eigenvalue weighted by Gasteiger charge is -2.20. The quantitative estimate of drug-likeness (QED) is 0.761. The maximum absolute atomic E-state index is 12.9. The van der Waals surface area contributed by atoms with E-state index in [9.17, 15) is 18.0 Å². The average molecular weight is 366 g/mol. The summed E-state index contributed by atoms with van der Waals surface area (Å²) in [5, 5.41) is 0. The molecule has 25 heavy (non-hydrogen) atoms. The van der Waals surface area contributed by atoms with Gasteiger partial charge >= 0.3 is 5.69 Å². The lowest BCUT2D eigenvalue weighted by Crippen LogP contribution is -2.32. The summed E-state index contributed by atoms with van der Waals surface area (Å²) in [5.41, 5.74) is 1.04. The van der Waals surface area contributed by atoms with E-state index < -0.39 is 10.0 Å². The Morgan fingerprint density at radius 2 is 1.76 bits per heavy atom. The Morgan fingerprint density at radius 1 is 1.12 bits per heavy atom. The van der Waals surface area contributed by atoms with Crippen LogP contribution in [0.5, 0.6) is 0 Å². The van der Waals surface area contributed by atoms with Gasteiger partial charge in [-0.25, -0.2) is 17.5 Å². The third-order valence-electron chi connectivity index (χ3n) is 4.89. The molecular weight excluding hydrogens is 344 g/mol. The Bertz CT molecular complexity index is 1010. The molecule has 0 aliphatic carbocycles. The molecule has 2 heterocycles. The summed E-state index contributed by atoms with van der Waals surface area (Å²) in [6, 6.07) is 4.68. The minimum atomic E-state index is -3.69. The zero-order valence-electron chi connectivity index (χ0n) is 14.8. The molecule has 0 N–H and O–H groups in total.